The zero-order valence-corrected chi connectivity index (χ0v) is 42.8. The summed E-state index contributed by atoms with van der Waals surface area (Å²) in [5.41, 5.74) is 6.63. The molecule has 5 aliphatic rings. The standard InChI is InChI=1S/C52H64FN9O9S2/c1-52(2,31-45(63)58-57-44-8-3-6-34-28-39(12-13-40(34)44)70-26-5-9-49(67)71-62-47(65)14-15-48(62)66)73-72-27-18-46(64)60-24-22-59(23-25-60)38-16-20-61(21-17-38)51(69)55-33-36-10-11-37(29-43(36)53)56-50(68)42-30-41(42)35-7-4-19-54-32-35/h4,7,10-13,19,28-29,32,38,41-42H,3,5-6,8-9,14-18,20-27,30-31,33H2,1-2H3,(H,55,69)(H,56,68)(H,58,63)/b57-44+/i30D2. The number of hydroxylamine groups is 2. The van der Waals surface area contributed by atoms with Crippen LogP contribution < -0.4 is 20.8 Å². The number of imide groups is 1. The van der Waals surface area contributed by atoms with Crippen molar-refractivity contribution in [2.24, 2.45) is 11.0 Å². The summed E-state index contributed by atoms with van der Waals surface area (Å²) in [4.78, 5) is 103. The summed E-state index contributed by atoms with van der Waals surface area (Å²) in [7, 11) is 3.16. The Hall–Kier alpha value is -6.06. The average Bonchev–Trinajstić information content (AvgIpc) is 3.90. The van der Waals surface area contributed by atoms with E-state index in [4.69, 9.17) is 12.3 Å². The molecule has 4 heterocycles. The minimum Gasteiger partial charge on any atom is -0.494 e. The highest BCUT2D eigenvalue weighted by Gasteiger charge is 2.44. The summed E-state index contributed by atoms with van der Waals surface area (Å²) < 4.78 is 37.1. The van der Waals surface area contributed by atoms with Gasteiger partial charge in [-0.15, -0.1) is 5.06 Å². The molecule has 0 spiro atoms. The topological polar surface area (TPSA) is 212 Å². The van der Waals surface area contributed by atoms with E-state index in [0.717, 1.165) is 55.6 Å². The van der Waals surface area contributed by atoms with Gasteiger partial charge < -0.3 is 30.0 Å². The Morgan fingerprint density at radius 2 is 1.71 bits per heavy atom. The van der Waals surface area contributed by atoms with Gasteiger partial charge in [-0.05, 0) is 112 Å². The number of ether oxygens (including phenoxy) is 1. The predicted molar refractivity (Wildman–Crippen MR) is 274 cm³/mol. The van der Waals surface area contributed by atoms with Crippen molar-refractivity contribution >= 4 is 74.5 Å². The highest BCUT2D eigenvalue weighted by atomic mass is 33.1. The van der Waals surface area contributed by atoms with Crippen molar-refractivity contribution in [3.63, 3.8) is 0 Å². The van der Waals surface area contributed by atoms with Crippen LogP contribution in [0.15, 0.2) is 66.0 Å². The number of nitrogens with one attached hydrogen (secondary N) is 3. The molecule has 2 aromatic carbocycles. The Labute approximate surface area is 435 Å². The third-order valence-electron chi connectivity index (χ3n) is 13.4. The first-order chi connectivity index (χ1) is 36.0. The van der Waals surface area contributed by atoms with E-state index in [2.05, 4.69) is 31.0 Å². The quantitative estimate of drug-likeness (QED) is 0.0489. The van der Waals surface area contributed by atoms with E-state index in [-0.39, 0.29) is 74.0 Å². The maximum absolute atomic E-state index is 15.1. The maximum Gasteiger partial charge on any atom is 0.333 e. The molecule has 21 heteroatoms. The summed E-state index contributed by atoms with van der Waals surface area (Å²) in [5, 5.41) is 10.5. The first kappa shape index (κ1) is 50.5. The lowest BCUT2D eigenvalue weighted by Gasteiger charge is -2.42. The van der Waals surface area contributed by atoms with Crippen LogP contribution in [0.25, 0.3) is 0 Å². The molecule has 3 saturated heterocycles. The highest BCUT2D eigenvalue weighted by Crippen LogP contribution is 2.47. The van der Waals surface area contributed by atoms with Crippen LogP contribution in [-0.4, -0.2) is 134 Å². The van der Waals surface area contributed by atoms with E-state index >= 15 is 4.39 Å². The lowest BCUT2D eigenvalue weighted by molar-refractivity contribution is -0.197. The number of anilines is 1. The number of rotatable bonds is 20. The number of piperidine rings is 1. The fraction of sp³-hybridized carbons (Fsp3) is 0.519. The zero-order chi connectivity index (χ0) is 53.3. The predicted octanol–water partition coefficient (Wildman–Crippen LogP) is 6.34. The van der Waals surface area contributed by atoms with Gasteiger partial charge in [0.1, 0.15) is 11.6 Å². The molecule has 1 aromatic heterocycles. The van der Waals surface area contributed by atoms with Gasteiger partial charge in [-0.25, -0.2) is 19.4 Å². The van der Waals surface area contributed by atoms with Crippen molar-refractivity contribution in [2.75, 3.05) is 56.9 Å². The fourth-order valence-electron chi connectivity index (χ4n) is 9.39. The summed E-state index contributed by atoms with van der Waals surface area (Å²) in [6.45, 7) is 8.08. The lowest BCUT2D eigenvalue weighted by atomic mass is 9.90. The molecule has 0 bridgehead atoms. The third kappa shape index (κ3) is 14.8. The van der Waals surface area contributed by atoms with E-state index in [0.29, 0.717) is 67.6 Å². The molecule has 2 unspecified atom stereocenters. The van der Waals surface area contributed by atoms with Crippen LogP contribution in [0.2, 0.25) is 0 Å². The van der Waals surface area contributed by atoms with Crippen molar-refractivity contribution in [2.45, 2.75) is 114 Å². The number of urea groups is 1. The van der Waals surface area contributed by atoms with Crippen molar-refractivity contribution < 1.29 is 50.3 Å². The molecule has 7 amide bonds. The van der Waals surface area contributed by atoms with Gasteiger partial charge in [0.25, 0.3) is 11.8 Å². The number of piperazine rings is 1. The van der Waals surface area contributed by atoms with Gasteiger partial charge in [-0.2, -0.15) is 5.10 Å². The van der Waals surface area contributed by atoms with Crippen LogP contribution in [0.4, 0.5) is 14.9 Å². The summed E-state index contributed by atoms with van der Waals surface area (Å²) in [6, 6.07) is 13.3. The molecule has 390 valence electrons. The molecule has 3 N–H and O–H groups in total. The number of amides is 7. The number of benzene rings is 2. The number of carbonyl (C=O) groups is 7. The van der Waals surface area contributed by atoms with E-state index in [1.54, 1.807) is 57.1 Å². The van der Waals surface area contributed by atoms with Gasteiger partial charge in [0.05, 0.1) is 18.7 Å². The number of pyridine rings is 1. The second-order valence-corrected chi connectivity index (χ2v) is 22.5. The molecular formula is C52H64FN9O9S2. The number of nitrogens with zero attached hydrogens (tertiary/aromatic N) is 6. The Morgan fingerprint density at radius 3 is 2.45 bits per heavy atom. The van der Waals surface area contributed by atoms with E-state index < -0.39 is 52.5 Å². The number of hydrogen-bond acceptors (Lipinski definition) is 14. The lowest BCUT2D eigenvalue weighted by Crippen LogP contribution is -2.55. The smallest absolute Gasteiger partial charge is 0.333 e. The molecule has 2 aliphatic carbocycles. The van der Waals surface area contributed by atoms with Crippen LogP contribution in [-0.2, 0) is 46.6 Å². The Morgan fingerprint density at radius 1 is 0.932 bits per heavy atom. The maximum atomic E-state index is 15.1. The second kappa shape index (κ2) is 24.8. The van der Waals surface area contributed by atoms with E-state index in [9.17, 15) is 33.6 Å². The Bertz CT molecular complexity index is 2640. The first-order valence-corrected chi connectivity index (χ1v) is 27.3. The normalized spacial score (nSPS) is 21.0. The number of likely N-dealkylation sites (tertiary alicyclic amines) is 1. The van der Waals surface area contributed by atoms with Crippen molar-refractivity contribution in [3.8, 4) is 5.75 Å². The molecular weight excluding hydrogens is 978 g/mol. The van der Waals surface area contributed by atoms with Gasteiger partial charge >= 0.3 is 12.0 Å². The largest absolute Gasteiger partial charge is 0.494 e. The van der Waals surface area contributed by atoms with Crippen LogP contribution in [0.3, 0.4) is 0 Å². The molecule has 3 aliphatic heterocycles. The summed E-state index contributed by atoms with van der Waals surface area (Å²) in [5.74, 6) is -3.22. The summed E-state index contributed by atoms with van der Waals surface area (Å²) in [6.07, 6.45) is 6.41. The van der Waals surface area contributed by atoms with Gasteiger partial charge in [-0.1, -0.05) is 33.7 Å². The minimum absolute atomic E-state index is 0.00973. The molecule has 4 fully saturated rings. The van der Waals surface area contributed by atoms with Crippen molar-refractivity contribution in [1.82, 2.24) is 35.5 Å². The van der Waals surface area contributed by atoms with Gasteiger partial charge in [-0.3, -0.25) is 33.9 Å². The minimum atomic E-state index is -1.73. The Kier molecular flexibility index (Phi) is 17.1. The highest BCUT2D eigenvalue weighted by molar-refractivity contribution is 8.77. The number of fused-ring (bicyclic) bond motifs is 1. The SMILES string of the molecule is [2H]C1([2H])C(C(=O)Nc2ccc(CNC(=O)N3CCC(N4CCN(C(=O)CCSSC(C)(C)CC(=O)N/N=C5\CCCc6cc(OCCCC(=O)ON7C(=O)CCC7=O)ccc65)CC4)CC3)c(F)c2)C1c1cccnc1. The van der Waals surface area contributed by atoms with Crippen LogP contribution in [0.1, 0.15) is 115 Å². The summed E-state index contributed by atoms with van der Waals surface area (Å²) >= 11 is 0. The van der Waals surface area contributed by atoms with Crippen LogP contribution >= 0.6 is 21.6 Å². The average molecular weight is 1040 g/mol. The number of carbonyl (C=O) groups excluding carboxylic acids is 7. The molecule has 18 nitrogen and oxygen atoms in total. The van der Waals surface area contributed by atoms with Gasteiger partial charge in [0.2, 0.25) is 17.7 Å². The van der Waals surface area contributed by atoms with E-state index in [1.807, 2.05) is 36.9 Å². The number of aromatic nitrogens is 1. The van der Waals surface area contributed by atoms with Crippen molar-refractivity contribution in [3.05, 3.63) is 89.0 Å². The van der Waals surface area contributed by atoms with Crippen LogP contribution in [0.5, 0.6) is 5.75 Å². The monoisotopic (exact) mass is 1040 g/mol. The second-order valence-electron chi connectivity index (χ2n) is 19.4. The molecule has 0 radical (unpaired) electrons. The number of halogens is 1. The molecule has 8 rings (SSSR count). The zero-order valence-electron chi connectivity index (χ0n) is 43.2. The van der Waals surface area contributed by atoms with Gasteiger partial charge in [0.15, 0.2) is 0 Å². The van der Waals surface area contributed by atoms with Crippen LogP contribution in [0, 0.1) is 11.7 Å². The molecule has 73 heavy (non-hydrogen) atoms. The Balaban J connectivity index is 0.670. The molecule has 2 atom stereocenters. The third-order valence-corrected chi connectivity index (χ3v) is 16.7. The fourth-order valence-corrected chi connectivity index (χ4v) is 11.9. The van der Waals surface area contributed by atoms with Crippen molar-refractivity contribution in [1.29, 1.82) is 0 Å². The number of aryl methyl sites for hydroxylation is 1. The molecule has 3 aromatic rings. The number of hydrogen-bond donors (Lipinski definition) is 3. The number of hydrazone groups is 1. The van der Waals surface area contributed by atoms with Gasteiger partial charge in [0, 0.05) is 126 Å². The van der Waals surface area contributed by atoms with E-state index in [1.165, 1.54) is 12.1 Å². The molecule has 1 saturated carbocycles. The first-order valence-electron chi connectivity index (χ1n) is 26.0.